The van der Waals surface area contributed by atoms with E-state index < -0.39 is 0 Å². The van der Waals surface area contributed by atoms with E-state index in [0.29, 0.717) is 5.02 Å². The minimum absolute atomic E-state index is 0.0545. The molecule has 1 aliphatic rings. The summed E-state index contributed by atoms with van der Waals surface area (Å²) < 4.78 is 11.2. The number of benzene rings is 1. The minimum atomic E-state index is -0.341. The van der Waals surface area contributed by atoms with Gasteiger partial charge in [-0.25, -0.2) is 0 Å². The van der Waals surface area contributed by atoms with E-state index in [1.54, 1.807) is 0 Å². The molecule has 1 unspecified atom stereocenters. The molecule has 1 N–H and O–H groups in total. The van der Waals surface area contributed by atoms with Crippen molar-refractivity contribution in [2.24, 2.45) is 0 Å². The van der Waals surface area contributed by atoms with Crippen LogP contribution < -0.4 is 0 Å². The van der Waals surface area contributed by atoms with Crippen LogP contribution in [0.4, 0.5) is 0 Å². The Morgan fingerprint density at radius 1 is 1.35 bits per heavy atom. The van der Waals surface area contributed by atoms with Gasteiger partial charge in [-0.1, -0.05) is 29.8 Å². The van der Waals surface area contributed by atoms with E-state index in [1.807, 2.05) is 24.3 Å². The van der Waals surface area contributed by atoms with Crippen LogP contribution in [0.25, 0.3) is 0 Å². The van der Waals surface area contributed by atoms with Crippen LogP contribution in [0.2, 0.25) is 5.02 Å². The van der Waals surface area contributed by atoms with Gasteiger partial charge < -0.3 is 14.6 Å². The predicted molar refractivity (Wildman–Crippen MR) is 66.2 cm³/mol. The van der Waals surface area contributed by atoms with Crippen LogP contribution in [0.15, 0.2) is 24.3 Å². The largest absolute Gasteiger partial charge is 0.393 e. The molecule has 4 heteroatoms. The number of hydrogen-bond donors (Lipinski definition) is 1. The molecule has 1 fully saturated rings. The maximum absolute atomic E-state index is 9.42. The van der Waals surface area contributed by atoms with Gasteiger partial charge in [-0.15, -0.1) is 0 Å². The summed E-state index contributed by atoms with van der Waals surface area (Å²) in [5.74, 6) is 0. The lowest BCUT2D eigenvalue weighted by Gasteiger charge is -2.27. The number of halogens is 1. The molecule has 0 spiro atoms. The normalized spacial score (nSPS) is 19.2. The van der Waals surface area contributed by atoms with Gasteiger partial charge in [0.2, 0.25) is 0 Å². The van der Waals surface area contributed by atoms with E-state index in [4.69, 9.17) is 21.1 Å². The maximum atomic E-state index is 9.42. The maximum Gasteiger partial charge on any atom is 0.107 e. The second kappa shape index (κ2) is 6.36. The molecule has 2 rings (SSSR count). The Morgan fingerprint density at radius 3 is 2.71 bits per heavy atom. The lowest BCUT2D eigenvalue weighted by atomic mass is 10.1. The van der Waals surface area contributed by atoms with E-state index in [2.05, 4.69) is 0 Å². The van der Waals surface area contributed by atoms with Crippen molar-refractivity contribution >= 4 is 11.6 Å². The second-order valence-electron chi connectivity index (χ2n) is 4.14. The molecule has 1 heterocycles. The van der Waals surface area contributed by atoms with Gasteiger partial charge in [-0.3, -0.25) is 0 Å². The Morgan fingerprint density at radius 2 is 2.06 bits per heavy atom. The summed E-state index contributed by atoms with van der Waals surface area (Å²) in [6.07, 6.45) is 1.56. The molecule has 1 aliphatic heterocycles. The van der Waals surface area contributed by atoms with Gasteiger partial charge in [0.05, 0.1) is 12.7 Å². The summed E-state index contributed by atoms with van der Waals surface area (Å²) in [6, 6.07) is 7.47. The van der Waals surface area contributed by atoms with Crippen molar-refractivity contribution in [3.63, 3.8) is 0 Å². The minimum Gasteiger partial charge on any atom is -0.393 e. The molecule has 1 aromatic carbocycles. The van der Waals surface area contributed by atoms with Gasteiger partial charge in [-0.05, 0) is 18.9 Å². The first-order valence-corrected chi connectivity index (χ1v) is 6.27. The highest BCUT2D eigenvalue weighted by molar-refractivity contribution is 6.31. The Kier molecular flexibility index (Phi) is 4.80. The van der Waals surface area contributed by atoms with Crippen LogP contribution >= 0.6 is 11.6 Å². The quantitative estimate of drug-likeness (QED) is 0.900. The first kappa shape index (κ1) is 12.8. The van der Waals surface area contributed by atoms with Crippen molar-refractivity contribution in [2.45, 2.75) is 25.0 Å². The van der Waals surface area contributed by atoms with E-state index in [1.165, 1.54) is 0 Å². The van der Waals surface area contributed by atoms with Crippen LogP contribution in [-0.2, 0) is 9.47 Å². The van der Waals surface area contributed by atoms with Gasteiger partial charge in [0.15, 0.2) is 0 Å². The smallest absolute Gasteiger partial charge is 0.107 e. The highest BCUT2D eigenvalue weighted by atomic mass is 35.5. The third-order valence-electron chi connectivity index (χ3n) is 2.94. The standard InChI is InChI=1S/C13H17ClO3/c14-12-4-2-1-3-11(12)13(9-15)17-10-5-7-16-8-6-10/h1-4,10,13,15H,5-9H2. The van der Waals surface area contributed by atoms with Gasteiger partial charge in [0.25, 0.3) is 0 Å². The predicted octanol–water partition coefficient (Wildman–Crippen LogP) is 2.57. The number of hydrogen-bond acceptors (Lipinski definition) is 3. The van der Waals surface area contributed by atoms with E-state index >= 15 is 0 Å². The number of ether oxygens (including phenoxy) is 2. The Labute approximate surface area is 106 Å². The highest BCUT2D eigenvalue weighted by Crippen LogP contribution is 2.28. The van der Waals surface area contributed by atoms with Crippen molar-refractivity contribution < 1.29 is 14.6 Å². The van der Waals surface area contributed by atoms with Crippen LogP contribution in [0.3, 0.4) is 0 Å². The highest BCUT2D eigenvalue weighted by Gasteiger charge is 2.21. The summed E-state index contributed by atoms with van der Waals surface area (Å²) in [5.41, 5.74) is 0.850. The third-order valence-corrected chi connectivity index (χ3v) is 3.29. The Balaban J connectivity index is 2.03. The van der Waals surface area contributed by atoms with Gasteiger partial charge in [0.1, 0.15) is 6.10 Å². The molecule has 0 aromatic heterocycles. The average molecular weight is 257 g/mol. The molecule has 94 valence electrons. The molecule has 0 saturated carbocycles. The first-order chi connectivity index (χ1) is 8.31. The topological polar surface area (TPSA) is 38.7 Å². The molecule has 1 atom stereocenters. The summed E-state index contributed by atoms with van der Waals surface area (Å²) in [6.45, 7) is 1.40. The fourth-order valence-corrected chi connectivity index (χ4v) is 2.25. The van der Waals surface area contributed by atoms with Crippen molar-refractivity contribution in [3.8, 4) is 0 Å². The van der Waals surface area contributed by atoms with Crippen LogP contribution in [0.1, 0.15) is 24.5 Å². The molecule has 0 bridgehead atoms. The van der Waals surface area contributed by atoms with Crippen LogP contribution in [-0.4, -0.2) is 31.0 Å². The molecular formula is C13H17ClO3. The third kappa shape index (κ3) is 3.42. The van der Waals surface area contributed by atoms with Crippen molar-refractivity contribution in [2.75, 3.05) is 19.8 Å². The number of aliphatic hydroxyl groups is 1. The van der Waals surface area contributed by atoms with Crippen LogP contribution in [0, 0.1) is 0 Å². The summed E-state index contributed by atoms with van der Waals surface area (Å²) in [5, 5.41) is 10.1. The van der Waals surface area contributed by atoms with E-state index in [-0.39, 0.29) is 18.8 Å². The van der Waals surface area contributed by atoms with E-state index in [9.17, 15) is 5.11 Å². The van der Waals surface area contributed by atoms with Gasteiger partial charge in [-0.2, -0.15) is 0 Å². The van der Waals surface area contributed by atoms with Crippen LogP contribution in [0.5, 0.6) is 0 Å². The molecule has 1 aromatic rings. The summed E-state index contributed by atoms with van der Waals surface area (Å²) in [4.78, 5) is 0. The average Bonchev–Trinajstić information content (AvgIpc) is 2.38. The lowest BCUT2D eigenvalue weighted by molar-refractivity contribution is -0.0848. The zero-order valence-corrected chi connectivity index (χ0v) is 10.4. The molecule has 0 aliphatic carbocycles. The first-order valence-electron chi connectivity index (χ1n) is 5.89. The summed E-state index contributed by atoms with van der Waals surface area (Å²) in [7, 11) is 0. The monoisotopic (exact) mass is 256 g/mol. The van der Waals surface area contributed by atoms with Crippen molar-refractivity contribution in [1.29, 1.82) is 0 Å². The zero-order valence-electron chi connectivity index (χ0n) is 9.64. The number of aliphatic hydroxyl groups excluding tert-OH is 1. The lowest BCUT2D eigenvalue weighted by Crippen LogP contribution is -2.26. The molecule has 1 saturated heterocycles. The molecular weight excluding hydrogens is 240 g/mol. The second-order valence-corrected chi connectivity index (χ2v) is 4.55. The van der Waals surface area contributed by atoms with Gasteiger partial charge >= 0.3 is 0 Å². The van der Waals surface area contributed by atoms with Gasteiger partial charge in [0, 0.05) is 23.8 Å². The number of rotatable bonds is 4. The zero-order chi connectivity index (χ0) is 12.1. The molecule has 3 nitrogen and oxygen atoms in total. The molecule has 0 amide bonds. The molecule has 0 radical (unpaired) electrons. The molecule has 17 heavy (non-hydrogen) atoms. The Bertz CT molecular complexity index is 350. The SMILES string of the molecule is OCC(OC1CCOCC1)c1ccccc1Cl. The fraction of sp³-hybridized carbons (Fsp3) is 0.538. The summed E-state index contributed by atoms with van der Waals surface area (Å²) >= 11 is 6.10. The fourth-order valence-electron chi connectivity index (χ4n) is 2.00. The van der Waals surface area contributed by atoms with Crippen molar-refractivity contribution in [3.05, 3.63) is 34.9 Å². The van der Waals surface area contributed by atoms with Crippen molar-refractivity contribution in [1.82, 2.24) is 0 Å². The van der Waals surface area contributed by atoms with E-state index in [0.717, 1.165) is 31.6 Å². The Hall–Kier alpha value is -0.610.